The lowest BCUT2D eigenvalue weighted by Crippen LogP contribution is -2.06. The molecule has 1 N–H and O–H groups in total. The number of hydrogen-bond donors (Lipinski definition) is 1. The molecule has 0 aromatic carbocycles. The van der Waals surface area contributed by atoms with Crippen LogP contribution in [-0.2, 0) is 0 Å². The molecule has 0 aliphatic heterocycles. The third-order valence-electron chi connectivity index (χ3n) is 3.01. The molecule has 1 aromatic heterocycles. The lowest BCUT2D eigenvalue weighted by atomic mass is 9.92. The lowest BCUT2D eigenvalue weighted by Gasteiger charge is -2.20. The van der Waals surface area contributed by atoms with Crippen molar-refractivity contribution in [2.75, 3.05) is 7.11 Å². The Kier molecular flexibility index (Phi) is 3.57. The molecule has 2 rings (SSSR count). The first-order chi connectivity index (χ1) is 7.83. The number of allylic oxidation sites excluding steroid dienone is 1. The molecule has 0 spiro atoms. The van der Waals surface area contributed by atoms with E-state index in [1.165, 1.54) is 6.42 Å². The van der Waals surface area contributed by atoms with E-state index < -0.39 is 6.10 Å². The van der Waals surface area contributed by atoms with Gasteiger partial charge in [0.2, 0.25) is 0 Å². The molecule has 1 aromatic rings. The first-order valence-electron chi connectivity index (χ1n) is 5.68. The van der Waals surface area contributed by atoms with Crippen LogP contribution in [0.25, 0.3) is 0 Å². The number of aliphatic hydroxyl groups excluding tert-OH is 1. The molecule has 1 heterocycles. The van der Waals surface area contributed by atoms with E-state index in [4.69, 9.17) is 4.74 Å². The first-order valence-corrected chi connectivity index (χ1v) is 5.68. The van der Waals surface area contributed by atoms with Crippen LogP contribution >= 0.6 is 0 Å². The van der Waals surface area contributed by atoms with Crippen LogP contribution in [0.2, 0.25) is 0 Å². The first kappa shape index (κ1) is 11.1. The molecule has 0 radical (unpaired) electrons. The summed E-state index contributed by atoms with van der Waals surface area (Å²) >= 11 is 0. The SMILES string of the molecule is COc1cnccc1C(O)C1=CCCCC1. The van der Waals surface area contributed by atoms with Crippen molar-refractivity contribution in [1.29, 1.82) is 0 Å². The van der Waals surface area contributed by atoms with Crippen molar-refractivity contribution < 1.29 is 9.84 Å². The molecule has 0 saturated heterocycles. The Morgan fingerprint density at radius 1 is 1.44 bits per heavy atom. The Balaban J connectivity index is 2.25. The largest absolute Gasteiger partial charge is 0.495 e. The summed E-state index contributed by atoms with van der Waals surface area (Å²) in [6.45, 7) is 0. The summed E-state index contributed by atoms with van der Waals surface area (Å²) in [5.41, 5.74) is 1.92. The Hall–Kier alpha value is -1.35. The molecule has 1 unspecified atom stereocenters. The number of hydrogen-bond acceptors (Lipinski definition) is 3. The summed E-state index contributed by atoms with van der Waals surface area (Å²) in [6.07, 6.45) is 9.37. The van der Waals surface area contributed by atoms with Crippen LogP contribution < -0.4 is 4.74 Å². The Bertz CT molecular complexity index is 387. The predicted molar refractivity (Wildman–Crippen MR) is 62.3 cm³/mol. The van der Waals surface area contributed by atoms with E-state index >= 15 is 0 Å². The normalized spacial score (nSPS) is 17.8. The van der Waals surface area contributed by atoms with E-state index in [0.717, 1.165) is 30.4 Å². The maximum absolute atomic E-state index is 10.3. The number of nitrogens with zero attached hydrogens (tertiary/aromatic N) is 1. The Labute approximate surface area is 95.8 Å². The lowest BCUT2D eigenvalue weighted by molar-refractivity contribution is 0.203. The second-order valence-corrected chi connectivity index (χ2v) is 4.04. The summed E-state index contributed by atoms with van der Waals surface area (Å²) in [4.78, 5) is 3.99. The standard InChI is InChI=1S/C13H17NO2/c1-16-12-9-14-8-7-11(12)13(15)10-5-3-2-4-6-10/h5,7-9,13,15H,2-4,6H2,1H3. The van der Waals surface area contributed by atoms with Crippen molar-refractivity contribution in [3.8, 4) is 5.75 Å². The van der Waals surface area contributed by atoms with E-state index in [1.54, 1.807) is 19.5 Å². The van der Waals surface area contributed by atoms with Gasteiger partial charge in [-0.2, -0.15) is 0 Å². The number of pyridine rings is 1. The van der Waals surface area contributed by atoms with Gasteiger partial charge in [-0.25, -0.2) is 0 Å². The number of aromatic nitrogens is 1. The third kappa shape index (κ3) is 2.25. The smallest absolute Gasteiger partial charge is 0.143 e. The molecule has 0 saturated carbocycles. The van der Waals surface area contributed by atoms with Crippen molar-refractivity contribution in [2.24, 2.45) is 0 Å². The van der Waals surface area contributed by atoms with Gasteiger partial charge in [-0.05, 0) is 37.3 Å². The van der Waals surface area contributed by atoms with Gasteiger partial charge in [-0.1, -0.05) is 6.08 Å². The van der Waals surface area contributed by atoms with Crippen LogP contribution in [0.15, 0.2) is 30.1 Å². The van der Waals surface area contributed by atoms with E-state index in [0.29, 0.717) is 5.75 Å². The fraction of sp³-hybridized carbons (Fsp3) is 0.462. The highest BCUT2D eigenvalue weighted by molar-refractivity contribution is 5.36. The highest BCUT2D eigenvalue weighted by Gasteiger charge is 2.18. The molecule has 0 bridgehead atoms. The van der Waals surface area contributed by atoms with Gasteiger partial charge in [0, 0.05) is 11.8 Å². The summed E-state index contributed by atoms with van der Waals surface area (Å²) < 4.78 is 5.21. The van der Waals surface area contributed by atoms with Gasteiger partial charge in [0.25, 0.3) is 0 Å². The molecule has 3 nitrogen and oxygen atoms in total. The Morgan fingerprint density at radius 2 is 2.31 bits per heavy atom. The number of aliphatic hydroxyl groups is 1. The van der Waals surface area contributed by atoms with Crippen molar-refractivity contribution in [3.63, 3.8) is 0 Å². The van der Waals surface area contributed by atoms with Gasteiger partial charge in [0.15, 0.2) is 0 Å². The second kappa shape index (κ2) is 5.12. The molecule has 0 amide bonds. The van der Waals surface area contributed by atoms with Crippen LogP contribution in [0.1, 0.15) is 37.4 Å². The molecule has 3 heteroatoms. The van der Waals surface area contributed by atoms with Gasteiger partial charge >= 0.3 is 0 Å². The summed E-state index contributed by atoms with van der Waals surface area (Å²) in [5.74, 6) is 0.654. The zero-order valence-corrected chi connectivity index (χ0v) is 9.52. The number of methoxy groups -OCH3 is 1. The zero-order chi connectivity index (χ0) is 11.4. The number of ether oxygens (including phenoxy) is 1. The molecule has 0 fully saturated rings. The zero-order valence-electron chi connectivity index (χ0n) is 9.52. The highest BCUT2D eigenvalue weighted by Crippen LogP contribution is 2.33. The maximum atomic E-state index is 10.3. The van der Waals surface area contributed by atoms with Crippen molar-refractivity contribution >= 4 is 0 Å². The van der Waals surface area contributed by atoms with Crippen LogP contribution in [0.4, 0.5) is 0 Å². The van der Waals surface area contributed by atoms with Crippen LogP contribution in [0.3, 0.4) is 0 Å². The van der Waals surface area contributed by atoms with Crippen LogP contribution in [0, 0.1) is 0 Å². The van der Waals surface area contributed by atoms with E-state index in [1.807, 2.05) is 6.07 Å². The molecule has 1 aliphatic carbocycles. The van der Waals surface area contributed by atoms with Gasteiger partial charge in [0.1, 0.15) is 11.9 Å². The Morgan fingerprint density at radius 3 is 3.00 bits per heavy atom. The van der Waals surface area contributed by atoms with Crippen molar-refractivity contribution in [1.82, 2.24) is 4.98 Å². The number of rotatable bonds is 3. The van der Waals surface area contributed by atoms with Crippen LogP contribution in [-0.4, -0.2) is 17.2 Å². The minimum absolute atomic E-state index is 0.543. The quantitative estimate of drug-likeness (QED) is 0.795. The van der Waals surface area contributed by atoms with Gasteiger partial charge in [0.05, 0.1) is 13.3 Å². The summed E-state index contributed by atoms with van der Waals surface area (Å²) in [5, 5.41) is 10.3. The summed E-state index contributed by atoms with van der Waals surface area (Å²) in [6, 6.07) is 1.82. The minimum Gasteiger partial charge on any atom is -0.495 e. The third-order valence-corrected chi connectivity index (χ3v) is 3.01. The predicted octanol–water partition coefficient (Wildman–Crippen LogP) is 2.62. The van der Waals surface area contributed by atoms with Gasteiger partial charge < -0.3 is 9.84 Å². The average molecular weight is 219 g/mol. The van der Waals surface area contributed by atoms with Crippen LogP contribution in [0.5, 0.6) is 5.75 Å². The van der Waals surface area contributed by atoms with Crippen molar-refractivity contribution in [3.05, 3.63) is 35.7 Å². The molecular weight excluding hydrogens is 202 g/mol. The highest BCUT2D eigenvalue weighted by atomic mass is 16.5. The fourth-order valence-electron chi connectivity index (χ4n) is 2.10. The minimum atomic E-state index is -0.543. The average Bonchev–Trinajstić information content (AvgIpc) is 2.39. The molecule has 1 aliphatic rings. The topological polar surface area (TPSA) is 42.4 Å². The molecule has 16 heavy (non-hydrogen) atoms. The van der Waals surface area contributed by atoms with E-state index in [9.17, 15) is 5.11 Å². The van der Waals surface area contributed by atoms with Gasteiger partial charge in [-0.15, -0.1) is 0 Å². The van der Waals surface area contributed by atoms with E-state index in [2.05, 4.69) is 11.1 Å². The monoisotopic (exact) mass is 219 g/mol. The fourth-order valence-corrected chi connectivity index (χ4v) is 2.10. The van der Waals surface area contributed by atoms with Crippen molar-refractivity contribution in [2.45, 2.75) is 31.8 Å². The second-order valence-electron chi connectivity index (χ2n) is 4.04. The molecule has 1 atom stereocenters. The maximum Gasteiger partial charge on any atom is 0.143 e. The van der Waals surface area contributed by atoms with E-state index in [-0.39, 0.29) is 0 Å². The summed E-state index contributed by atoms with van der Waals surface area (Å²) in [7, 11) is 1.60. The van der Waals surface area contributed by atoms with Gasteiger partial charge in [-0.3, -0.25) is 4.98 Å². The molecular formula is C13H17NO2. The molecule has 86 valence electrons.